The average Bonchev–Trinajstić information content (AvgIpc) is 2.45. The Balaban J connectivity index is 2.22. The number of piperidine rings is 1. The minimum atomic E-state index is -0.0692. The second-order valence-electron chi connectivity index (χ2n) is 5.40. The first-order valence-electron chi connectivity index (χ1n) is 6.92. The van der Waals surface area contributed by atoms with Gasteiger partial charge in [0.05, 0.1) is 7.11 Å². The van der Waals surface area contributed by atoms with Crippen LogP contribution in [0.1, 0.15) is 23.2 Å². The summed E-state index contributed by atoms with van der Waals surface area (Å²) >= 11 is 0. The number of hydrogen-bond acceptors (Lipinski definition) is 4. The number of nitrogens with zero attached hydrogens (tertiary/aromatic N) is 2. The zero-order valence-corrected chi connectivity index (χ0v) is 12.4. The zero-order chi connectivity index (χ0) is 14.7. The first-order valence-corrected chi connectivity index (χ1v) is 6.92. The largest absolute Gasteiger partial charge is 0.496 e. The van der Waals surface area contributed by atoms with E-state index in [1.54, 1.807) is 30.2 Å². The molecule has 20 heavy (non-hydrogen) atoms. The maximum absolute atomic E-state index is 12.7. The molecule has 1 amide bonds. The molecule has 2 rings (SSSR count). The van der Waals surface area contributed by atoms with Crippen LogP contribution in [0.4, 0.5) is 5.69 Å². The highest BCUT2D eigenvalue weighted by Gasteiger charge is 2.27. The molecular weight excluding hydrogens is 254 g/mol. The van der Waals surface area contributed by atoms with Crippen molar-refractivity contribution in [1.82, 2.24) is 9.80 Å². The van der Waals surface area contributed by atoms with Crippen molar-refractivity contribution in [2.75, 3.05) is 40.0 Å². The lowest BCUT2D eigenvalue weighted by molar-refractivity contribution is 0.0642. The van der Waals surface area contributed by atoms with Gasteiger partial charge in [0.25, 0.3) is 5.91 Å². The van der Waals surface area contributed by atoms with Gasteiger partial charge in [-0.05, 0) is 38.6 Å². The summed E-state index contributed by atoms with van der Waals surface area (Å²) in [6, 6.07) is 5.52. The highest BCUT2D eigenvalue weighted by Crippen LogP contribution is 2.27. The summed E-state index contributed by atoms with van der Waals surface area (Å²) in [6.07, 6.45) is 2.14. The molecule has 5 heteroatoms. The van der Waals surface area contributed by atoms with E-state index < -0.39 is 0 Å². The molecule has 5 nitrogen and oxygen atoms in total. The van der Waals surface area contributed by atoms with E-state index >= 15 is 0 Å². The van der Waals surface area contributed by atoms with E-state index in [-0.39, 0.29) is 11.9 Å². The second kappa shape index (κ2) is 6.13. The van der Waals surface area contributed by atoms with Crippen LogP contribution < -0.4 is 10.5 Å². The third kappa shape index (κ3) is 2.88. The first-order chi connectivity index (χ1) is 9.54. The minimum absolute atomic E-state index is 0.0692. The number of nitrogens with two attached hydrogens (primary N) is 1. The number of amides is 1. The Morgan fingerprint density at radius 3 is 2.90 bits per heavy atom. The number of ether oxygens (including phenoxy) is 1. The van der Waals surface area contributed by atoms with E-state index in [4.69, 9.17) is 10.5 Å². The van der Waals surface area contributed by atoms with Gasteiger partial charge in [-0.15, -0.1) is 0 Å². The van der Waals surface area contributed by atoms with E-state index in [1.165, 1.54) is 0 Å². The summed E-state index contributed by atoms with van der Waals surface area (Å²) in [5.41, 5.74) is 6.88. The number of anilines is 1. The molecule has 0 spiro atoms. The Labute approximate surface area is 120 Å². The van der Waals surface area contributed by atoms with Gasteiger partial charge in [0.1, 0.15) is 11.3 Å². The Morgan fingerprint density at radius 1 is 1.50 bits per heavy atom. The fourth-order valence-corrected chi connectivity index (χ4v) is 2.74. The summed E-state index contributed by atoms with van der Waals surface area (Å²) in [5.74, 6) is 0.464. The third-order valence-electron chi connectivity index (χ3n) is 3.96. The normalized spacial score (nSPS) is 19.6. The number of methoxy groups -OCH3 is 1. The molecule has 1 aliphatic rings. The van der Waals surface area contributed by atoms with Crippen LogP contribution in [-0.2, 0) is 0 Å². The van der Waals surface area contributed by atoms with Crippen molar-refractivity contribution in [3.05, 3.63) is 23.8 Å². The number of carbonyl (C=O) groups is 1. The fraction of sp³-hybridized carbons (Fsp3) is 0.533. The van der Waals surface area contributed by atoms with Crippen LogP contribution in [0.5, 0.6) is 5.75 Å². The minimum Gasteiger partial charge on any atom is -0.496 e. The van der Waals surface area contributed by atoms with Gasteiger partial charge in [-0.3, -0.25) is 4.79 Å². The summed E-state index contributed by atoms with van der Waals surface area (Å²) in [7, 11) is 5.49. The standard InChI is InChI=1S/C15H23N3O2/c1-17-9-5-6-11(10-17)18(2)15(19)14-12(16)7-4-8-13(14)20-3/h4,7-8,11H,5-6,9-10,16H2,1-3H3. The van der Waals surface area contributed by atoms with E-state index in [1.807, 2.05) is 7.05 Å². The van der Waals surface area contributed by atoms with Gasteiger partial charge in [0.2, 0.25) is 0 Å². The molecule has 1 saturated heterocycles. The summed E-state index contributed by atoms with van der Waals surface area (Å²) < 4.78 is 5.27. The molecule has 0 aliphatic carbocycles. The van der Waals surface area contributed by atoms with Crippen molar-refractivity contribution >= 4 is 11.6 Å². The molecule has 0 saturated carbocycles. The van der Waals surface area contributed by atoms with Crippen molar-refractivity contribution in [2.24, 2.45) is 0 Å². The maximum atomic E-state index is 12.7. The molecule has 0 aromatic heterocycles. The van der Waals surface area contributed by atoms with Gasteiger partial charge in [-0.25, -0.2) is 0 Å². The van der Waals surface area contributed by atoms with Crippen molar-refractivity contribution in [3.8, 4) is 5.75 Å². The number of likely N-dealkylation sites (tertiary alicyclic amines) is 1. The Bertz CT molecular complexity index is 490. The van der Waals surface area contributed by atoms with Gasteiger partial charge in [-0.2, -0.15) is 0 Å². The van der Waals surface area contributed by atoms with Gasteiger partial charge in [0.15, 0.2) is 0 Å². The van der Waals surface area contributed by atoms with Gasteiger partial charge in [-0.1, -0.05) is 6.07 Å². The van der Waals surface area contributed by atoms with E-state index in [0.717, 1.165) is 25.9 Å². The van der Waals surface area contributed by atoms with Crippen molar-refractivity contribution < 1.29 is 9.53 Å². The molecule has 1 unspecified atom stereocenters. The molecule has 2 N–H and O–H groups in total. The molecule has 1 aromatic rings. The summed E-state index contributed by atoms with van der Waals surface area (Å²) in [4.78, 5) is 16.7. The van der Waals surface area contributed by atoms with Gasteiger partial charge in [0, 0.05) is 25.3 Å². The SMILES string of the molecule is COc1cccc(N)c1C(=O)N(C)C1CCCN(C)C1. The highest BCUT2D eigenvalue weighted by atomic mass is 16.5. The molecule has 1 atom stereocenters. The van der Waals surface area contributed by atoms with Gasteiger partial charge < -0.3 is 20.3 Å². The predicted molar refractivity (Wildman–Crippen MR) is 80.0 cm³/mol. The van der Waals surface area contributed by atoms with Crippen molar-refractivity contribution in [1.29, 1.82) is 0 Å². The first kappa shape index (κ1) is 14.7. The van der Waals surface area contributed by atoms with Crippen LogP contribution in [0.2, 0.25) is 0 Å². The predicted octanol–water partition coefficient (Wildman–Crippen LogP) is 1.44. The quantitative estimate of drug-likeness (QED) is 0.849. The molecule has 1 heterocycles. The molecule has 1 aliphatic heterocycles. The Kier molecular flexibility index (Phi) is 4.49. The van der Waals surface area contributed by atoms with Crippen LogP contribution in [0, 0.1) is 0 Å². The topological polar surface area (TPSA) is 58.8 Å². The summed E-state index contributed by atoms with van der Waals surface area (Å²) in [5, 5.41) is 0. The lowest BCUT2D eigenvalue weighted by atomic mass is 10.0. The number of benzene rings is 1. The van der Waals surface area contributed by atoms with Gasteiger partial charge >= 0.3 is 0 Å². The van der Waals surface area contributed by atoms with Crippen LogP contribution >= 0.6 is 0 Å². The fourth-order valence-electron chi connectivity index (χ4n) is 2.74. The monoisotopic (exact) mass is 277 g/mol. The Morgan fingerprint density at radius 2 is 2.25 bits per heavy atom. The van der Waals surface area contributed by atoms with Crippen LogP contribution in [-0.4, -0.2) is 56.0 Å². The zero-order valence-electron chi connectivity index (χ0n) is 12.4. The smallest absolute Gasteiger partial charge is 0.259 e. The molecule has 0 radical (unpaired) electrons. The van der Waals surface area contributed by atoms with E-state index in [9.17, 15) is 4.79 Å². The summed E-state index contributed by atoms with van der Waals surface area (Å²) in [6.45, 7) is 1.99. The van der Waals surface area contributed by atoms with E-state index in [2.05, 4.69) is 11.9 Å². The molecule has 110 valence electrons. The third-order valence-corrected chi connectivity index (χ3v) is 3.96. The van der Waals surface area contributed by atoms with Crippen LogP contribution in [0.15, 0.2) is 18.2 Å². The molecular formula is C15H23N3O2. The molecule has 1 aromatic carbocycles. The van der Waals surface area contributed by atoms with Crippen LogP contribution in [0.25, 0.3) is 0 Å². The lowest BCUT2D eigenvalue weighted by Gasteiger charge is -2.36. The number of likely N-dealkylation sites (N-methyl/N-ethyl adjacent to an activating group) is 2. The average molecular weight is 277 g/mol. The number of nitrogen functional groups attached to an aromatic ring is 1. The Hall–Kier alpha value is -1.75. The lowest BCUT2D eigenvalue weighted by Crippen LogP contribution is -2.47. The maximum Gasteiger partial charge on any atom is 0.259 e. The van der Waals surface area contributed by atoms with Crippen LogP contribution in [0.3, 0.4) is 0 Å². The second-order valence-corrected chi connectivity index (χ2v) is 5.40. The number of carbonyl (C=O) groups excluding carboxylic acids is 1. The van der Waals surface area contributed by atoms with Crippen molar-refractivity contribution in [3.63, 3.8) is 0 Å². The highest BCUT2D eigenvalue weighted by molar-refractivity contribution is 6.01. The molecule has 0 bridgehead atoms. The van der Waals surface area contributed by atoms with Crippen molar-refractivity contribution in [2.45, 2.75) is 18.9 Å². The number of hydrogen-bond donors (Lipinski definition) is 1. The van der Waals surface area contributed by atoms with E-state index in [0.29, 0.717) is 17.0 Å². The molecule has 1 fully saturated rings. The number of rotatable bonds is 3.